The predicted octanol–water partition coefficient (Wildman–Crippen LogP) is 2.38. The van der Waals surface area contributed by atoms with Crippen LogP contribution in [0.15, 0.2) is 35.7 Å². The van der Waals surface area contributed by atoms with E-state index in [2.05, 4.69) is 15.6 Å². The molecule has 5 nitrogen and oxygen atoms in total. The van der Waals surface area contributed by atoms with Gasteiger partial charge in [0.25, 0.3) is 0 Å². The monoisotopic (exact) mass is 305 g/mol. The Hall–Kier alpha value is -1.92. The summed E-state index contributed by atoms with van der Waals surface area (Å²) in [5, 5.41) is 17.4. The molecule has 2 rings (SSSR count). The molecule has 0 radical (unpaired) electrons. The van der Waals surface area contributed by atoms with Gasteiger partial charge in [-0.05, 0) is 6.42 Å². The number of aliphatic hydroxyl groups is 1. The molecule has 1 aromatic heterocycles. The summed E-state index contributed by atoms with van der Waals surface area (Å²) in [6, 6.07) is 9.44. The fraction of sp³-hybridized carbons (Fsp3) is 0.333. The fourth-order valence-corrected chi connectivity index (χ4v) is 2.61. The molecule has 2 amide bonds. The zero-order valence-corrected chi connectivity index (χ0v) is 12.7. The third kappa shape index (κ3) is 4.54. The molecule has 0 saturated carbocycles. The van der Waals surface area contributed by atoms with Crippen molar-refractivity contribution in [1.29, 1.82) is 0 Å². The largest absolute Gasteiger partial charge is 0.394 e. The molecule has 1 unspecified atom stereocenters. The first-order chi connectivity index (χ1) is 10.2. The molecule has 1 heterocycles. The topological polar surface area (TPSA) is 74.2 Å². The van der Waals surface area contributed by atoms with Crippen LogP contribution in [0.3, 0.4) is 0 Å². The van der Waals surface area contributed by atoms with Crippen LogP contribution >= 0.6 is 11.3 Å². The highest BCUT2D eigenvalue weighted by Crippen LogP contribution is 2.23. The second-order valence-corrected chi connectivity index (χ2v) is 5.48. The van der Waals surface area contributed by atoms with Gasteiger partial charge in [0, 0.05) is 10.9 Å². The van der Waals surface area contributed by atoms with Crippen molar-refractivity contribution >= 4 is 17.4 Å². The third-order valence-electron chi connectivity index (χ3n) is 3.05. The first-order valence-corrected chi connectivity index (χ1v) is 7.76. The Bertz CT molecular complexity index is 567. The van der Waals surface area contributed by atoms with Crippen molar-refractivity contribution in [2.24, 2.45) is 0 Å². The lowest BCUT2D eigenvalue weighted by atomic mass is 10.2. The summed E-state index contributed by atoms with van der Waals surface area (Å²) in [5.74, 6) is 0. The van der Waals surface area contributed by atoms with Crippen molar-refractivity contribution in [3.05, 3.63) is 41.4 Å². The zero-order valence-electron chi connectivity index (χ0n) is 11.9. The summed E-state index contributed by atoms with van der Waals surface area (Å²) in [6.45, 7) is 2.23. The molecule has 1 aromatic carbocycles. The van der Waals surface area contributed by atoms with E-state index in [0.29, 0.717) is 13.0 Å². The van der Waals surface area contributed by atoms with Gasteiger partial charge >= 0.3 is 6.03 Å². The van der Waals surface area contributed by atoms with Crippen LogP contribution in [-0.2, 0) is 6.54 Å². The normalized spacial score (nSPS) is 11.9. The van der Waals surface area contributed by atoms with Crippen LogP contribution in [0.2, 0.25) is 0 Å². The molecule has 0 fully saturated rings. The quantitative estimate of drug-likeness (QED) is 0.767. The number of nitrogens with zero attached hydrogens (tertiary/aromatic N) is 1. The van der Waals surface area contributed by atoms with Crippen LogP contribution in [0.4, 0.5) is 4.79 Å². The molecule has 6 heteroatoms. The van der Waals surface area contributed by atoms with Crippen LogP contribution in [0, 0.1) is 0 Å². The first-order valence-electron chi connectivity index (χ1n) is 6.88. The number of thiazole rings is 1. The molecule has 0 saturated heterocycles. The lowest BCUT2D eigenvalue weighted by molar-refractivity contribution is 0.214. The summed E-state index contributed by atoms with van der Waals surface area (Å²) in [4.78, 5) is 16.2. The van der Waals surface area contributed by atoms with E-state index in [-0.39, 0.29) is 18.7 Å². The number of amides is 2. The van der Waals surface area contributed by atoms with Gasteiger partial charge in [0.2, 0.25) is 0 Å². The Morgan fingerprint density at radius 2 is 2.14 bits per heavy atom. The molecular weight excluding hydrogens is 286 g/mol. The Balaban J connectivity index is 1.87. The molecule has 1 atom stereocenters. The fourth-order valence-electron chi connectivity index (χ4n) is 1.79. The van der Waals surface area contributed by atoms with E-state index < -0.39 is 0 Å². The Kier molecular flexibility index (Phi) is 5.71. The van der Waals surface area contributed by atoms with Crippen LogP contribution in [0.5, 0.6) is 0 Å². The van der Waals surface area contributed by atoms with Crippen molar-refractivity contribution in [3.63, 3.8) is 0 Å². The number of hydrogen-bond donors (Lipinski definition) is 3. The van der Waals surface area contributed by atoms with E-state index in [0.717, 1.165) is 16.3 Å². The highest BCUT2D eigenvalue weighted by atomic mass is 32.1. The van der Waals surface area contributed by atoms with Crippen molar-refractivity contribution < 1.29 is 9.90 Å². The summed E-state index contributed by atoms with van der Waals surface area (Å²) in [7, 11) is 0. The zero-order chi connectivity index (χ0) is 15.1. The molecular formula is C15H19N3O2S. The predicted molar refractivity (Wildman–Crippen MR) is 84.1 cm³/mol. The van der Waals surface area contributed by atoms with Crippen LogP contribution in [0.1, 0.15) is 19.0 Å². The van der Waals surface area contributed by atoms with Crippen molar-refractivity contribution in [2.75, 3.05) is 6.61 Å². The van der Waals surface area contributed by atoms with Gasteiger partial charge in [0.1, 0.15) is 5.01 Å². The molecule has 0 bridgehead atoms. The van der Waals surface area contributed by atoms with Crippen LogP contribution in [-0.4, -0.2) is 28.8 Å². The molecule has 3 N–H and O–H groups in total. The molecule has 2 aromatic rings. The number of carbonyl (C=O) groups excluding carboxylic acids is 1. The maximum Gasteiger partial charge on any atom is 0.315 e. The van der Waals surface area contributed by atoms with Gasteiger partial charge in [-0.3, -0.25) is 0 Å². The molecule has 0 aliphatic rings. The van der Waals surface area contributed by atoms with Gasteiger partial charge in [-0.1, -0.05) is 37.3 Å². The maximum atomic E-state index is 11.7. The third-order valence-corrected chi connectivity index (χ3v) is 3.99. The number of nitrogens with one attached hydrogen (secondary N) is 2. The smallest absolute Gasteiger partial charge is 0.315 e. The Morgan fingerprint density at radius 3 is 2.81 bits per heavy atom. The maximum absolute atomic E-state index is 11.7. The average molecular weight is 305 g/mol. The van der Waals surface area contributed by atoms with E-state index >= 15 is 0 Å². The molecule has 21 heavy (non-hydrogen) atoms. The number of hydrogen-bond acceptors (Lipinski definition) is 4. The minimum atomic E-state index is -0.287. The molecule has 112 valence electrons. The second-order valence-electron chi connectivity index (χ2n) is 4.62. The van der Waals surface area contributed by atoms with Crippen molar-refractivity contribution in [1.82, 2.24) is 15.6 Å². The summed E-state index contributed by atoms with van der Waals surface area (Å²) >= 11 is 1.55. The van der Waals surface area contributed by atoms with Crippen molar-refractivity contribution in [3.8, 4) is 10.6 Å². The number of aliphatic hydroxyl groups excluding tert-OH is 1. The number of aromatic nitrogens is 1. The standard InChI is InChI=1S/C15H19N3O2S/c1-2-12(9-19)18-15(20)16-8-13-10-21-14(17-13)11-6-4-3-5-7-11/h3-7,10,12,19H,2,8-9H2,1H3,(H2,16,18,20). The van der Waals surface area contributed by atoms with E-state index in [1.807, 2.05) is 42.6 Å². The molecule has 0 aliphatic heterocycles. The number of rotatable bonds is 6. The van der Waals surface area contributed by atoms with E-state index in [9.17, 15) is 4.79 Å². The van der Waals surface area contributed by atoms with Crippen molar-refractivity contribution in [2.45, 2.75) is 25.9 Å². The van der Waals surface area contributed by atoms with Gasteiger partial charge in [-0.2, -0.15) is 0 Å². The SMILES string of the molecule is CCC(CO)NC(=O)NCc1csc(-c2ccccc2)n1. The molecule has 0 spiro atoms. The number of benzene rings is 1. The summed E-state index contributed by atoms with van der Waals surface area (Å²) in [6.07, 6.45) is 0.693. The van der Waals surface area contributed by atoms with Gasteiger partial charge in [-0.15, -0.1) is 11.3 Å². The van der Waals surface area contributed by atoms with Gasteiger partial charge in [0.05, 0.1) is 24.9 Å². The average Bonchev–Trinajstić information content (AvgIpc) is 3.00. The van der Waals surface area contributed by atoms with E-state index in [4.69, 9.17) is 5.11 Å². The minimum absolute atomic E-state index is 0.0568. The number of urea groups is 1. The lowest BCUT2D eigenvalue weighted by Gasteiger charge is -2.14. The second kappa shape index (κ2) is 7.75. The minimum Gasteiger partial charge on any atom is -0.394 e. The Labute approximate surface area is 128 Å². The first kappa shape index (κ1) is 15.5. The van der Waals surface area contributed by atoms with Gasteiger partial charge in [-0.25, -0.2) is 9.78 Å². The highest BCUT2D eigenvalue weighted by Gasteiger charge is 2.09. The van der Waals surface area contributed by atoms with Gasteiger partial charge in [0.15, 0.2) is 0 Å². The highest BCUT2D eigenvalue weighted by molar-refractivity contribution is 7.13. The summed E-state index contributed by atoms with van der Waals surface area (Å²) < 4.78 is 0. The van der Waals surface area contributed by atoms with Crippen LogP contribution in [0.25, 0.3) is 10.6 Å². The van der Waals surface area contributed by atoms with E-state index in [1.54, 1.807) is 11.3 Å². The summed E-state index contributed by atoms with van der Waals surface area (Å²) in [5.41, 5.74) is 1.90. The lowest BCUT2D eigenvalue weighted by Crippen LogP contribution is -2.43. The van der Waals surface area contributed by atoms with E-state index in [1.165, 1.54) is 0 Å². The molecule has 0 aliphatic carbocycles. The van der Waals surface area contributed by atoms with Crippen LogP contribution < -0.4 is 10.6 Å². The number of carbonyl (C=O) groups is 1. The van der Waals surface area contributed by atoms with Gasteiger partial charge < -0.3 is 15.7 Å². The Morgan fingerprint density at radius 1 is 1.38 bits per heavy atom.